The van der Waals surface area contributed by atoms with E-state index in [4.69, 9.17) is 5.26 Å². The second kappa shape index (κ2) is 7.16. The van der Waals surface area contributed by atoms with Crippen LogP contribution in [0.3, 0.4) is 0 Å². The molecule has 2 aromatic rings. The summed E-state index contributed by atoms with van der Waals surface area (Å²) in [5, 5.41) is 13.5. The third-order valence-corrected chi connectivity index (χ3v) is 6.76. The molecule has 1 fully saturated rings. The number of aromatic nitrogens is 2. The van der Waals surface area contributed by atoms with Gasteiger partial charge in [-0.05, 0) is 38.5 Å². The Labute approximate surface area is 159 Å². The molecule has 0 radical (unpaired) electrons. The third-order valence-electron chi connectivity index (χ3n) is 5.01. The molecule has 1 amide bonds. The van der Waals surface area contributed by atoms with Crippen LogP contribution in [0.2, 0.25) is 0 Å². The number of benzene rings is 1. The molecule has 142 valence electrons. The van der Waals surface area contributed by atoms with Crippen molar-refractivity contribution in [3.05, 3.63) is 52.3 Å². The maximum Gasteiger partial charge on any atom is 0.253 e. The van der Waals surface area contributed by atoms with E-state index in [0.717, 1.165) is 17.0 Å². The number of rotatable bonds is 4. The number of amides is 1. The van der Waals surface area contributed by atoms with Crippen LogP contribution in [0.25, 0.3) is 0 Å². The van der Waals surface area contributed by atoms with Crippen LogP contribution in [0.15, 0.2) is 24.3 Å². The monoisotopic (exact) mass is 386 g/mol. The molecular weight excluding hydrogens is 364 g/mol. The quantitative estimate of drug-likeness (QED) is 0.801. The minimum absolute atomic E-state index is 0.115. The van der Waals surface area contributed by atoms with E-state index < -0.39 is 9.84 Å². The number of nitriles is 1. The van der Waals surface area contributed by atoms with Crippen molar-refractivity contribution < 1.29 is 13.2 Å². The van der Waals surface area contributed by atoms with E-state index in [0.29, 0.717) is 24.1 Å². The number of aryl methyl sites for hydroxylation is 1. The van der Waals surface area contributed by atoms with Crippen LogP contribution < -0.4 is 0 Å². The fourth-order valence-electron chi connectivity index (χ4n) is 3.50. The lowest BCUT2D eigenvalue weighted by Crippen LogP contribution is -2.26. The summed E-state index contributed by atoms with van der Waals surface area (Å²) < 4.78 is 25.3. The number of carbonyl (C=O) groups is 1. The van der Waals surface area contributed by atoms with Crippen molar-refractivity contribution in [1.82, 2.24) is 14.7 Å². The molecule has 1 aromatic carbocycles. The Kier molecular flexibility index (Phi) is 5.07. The SMILES string of the molecule is Cc1nn([C@@H]2CCS(=O)(=O)C2)c(C)c1CN(C)C(=O)c1cccc(C#N)c1. The van der Waals surface area contributed by atoms with Crippen molar-refractivity contribution in [2.45, 2.75) is 32.9 Å². The fraction of sp³-hybridized carbons (Fsp3) is 0.421. The molecule has 3 rings (SSSR count). The van der Waals surface area contributed by atoms with Gasteiger partial charge in [0, 0.05) is 30.4 Å². The maximum atomic E-state index is 12.7. The first-order valence-electron chi connectivity index (χ1n) is 8.72. The van der Waals surface area contributed by atoms with Gasteiger partial charge in [-0.3, -0.25) is 9.48 Å². The predicted molar refractivity (Wildman–Crippen MR) is 101 cm³/mol. The lowest BCUT2D eigenvalue weighted by molar-refractivity contribution is 0.0784. The topological polar surface area (TPSA) is 96.1 Å². The van der Waals surface area contributed by atoms with Gasteiger partial charge >= 0.3 is 0 Å². The summed E-state index contributed by atoms with van der Waals surface area (Å²) in [6.45, 7) is 4.15. The summed E-state index contributed by atoms with van der Waals surface area (Å²) in [4.78, 5) is 14.3. The van der Waals surface area contributed by atoms with E-state index in [1.807, 2.05) is 19.9 Å². The van der Waals surface area contributed by atoms with Gasteiger partial charge in [-0.15, -0.1) is 0 Å². The molecule has 1 aliphatic rings. The largest absolute Gasteiger partial charge is 0.337 e. The van der Waals surface area contributed by atoms with Crippen molar-refractivity contribution in [1.29, 1.82) is 5.26 Å². The van der Waals surface area contributed by atoms with Gasteiger partial charge in [-0.25, -0.2) is 8.42 Å². The first kappa shape index (κ1) is 19.1. The Morgan fingerprint density at radius 3 is 2.78 bits per heavy atom. The number of hydrogen-bond acceptors (Lipinski definition) is 5. The summed E-state index contributed by atoms with van der Waals surface area (Å²) in [5.41, 5.74) is 3.51. The van der Waals surface area contributed by atoms with Crippen LogP contribution in [0.5, 0.6) is 0 Å². The van der Waals surface area contributed by atoms with Crippen LogP contribution in [0, 0.1) is 25.2 Å². The summed E-state index contributed by atoms with van der Waals surface area (Å²) in [7, 11) is -1.29. The smallest absolute Gasteiger partial charge is 0.253 e. The molecule has 0 saturated carbocycles. The van der Waals surface area contributed by atoms with E-state index in [1.54, 1.807) is 40.9 Å². The van der Waals surface area contributed by atoms with Gasteiger partial charge in [0.1, 0.15) is 0 Å². The number of hydrogen-bond donors (Lipinski definition) is 0. The van der Waals surface area contributed by atoms with Crippen LogP contribution >= 0.6 is 0 Å². The van der Waals surface area contributed by atoms with Gasteiger partial charge in [0.2, 0.25) is 0 Å². The lowest BCUT2D eigenvalue weighted by Gasteiger charge is -2.18. The molecule has 1 saturated heterocycles. The van der Waals surface area contributed by atoms with Crippen LogP contribution in [0.4, 0.5) is 0 Å². The summed E-state index contributed by atoms with van der Waals surface area (Å²) in [6.07, 6.45) is 0.569. The second-order valence-corrected chi connectivity index (χ2v) is 9.23. The normalized spacial score (nSPS) is 18.2. The first-order chi connectivity index (χ1) is 12.7. The number of sulfone groups is 1. The summed E-state index contributed by atoms with van der Waals surface area (Å²) in [5.74, 6) is 0.130. The van der Waals surface area contributed by atoms with Crippen molar-refractivity contribution in [3.63, 3.8) is 0 Å². The van der Waals surface area contributed by atoms with E-state index in [9.17, 15) is 13.2 Å². The van der Waals surface area contributed by atoms with Crippen molar-refractivity contribution >= 4 is 15.7 Å². The molecular formula is C19H22N4O3S. The van der Waals surface area contributed by atoms with Gasteiger partial charge in [0.25, 0.3) is 5.91 Å². The van der Waals surface area contributed by atoms with Crippen molar-refractivity contribution in [2.75, 3.05) is 18.6 Å². The highest BCUT2D eigenvalue weighted by Crippen LogP contribution is 2.27. The van der Waals surface area contributed by atoms with Crippen molar-refractivity contribution in [2.24, 2.45) is 0 Å². The molecule has 0 aliphatic carbocycles. The number of carbonyl (C=O) groups excluding carboxylic acids is 1. The summed E-state index contributed by atoms with van der Waals surface area (Å²) in [6, 6.07) is 8.50. The van der Waals surface area contributed by atoms with E-state index >= 15 is 0 Å². The van der Waals surface area contributed by atoms with Crippen LogP contribution in [-0.2, 0) is 16.4 Å². The Morgan fingerprint density at radius 1 is 1.41 bits per heavy atom. The molecule has 1 aliphatic heterocycles. The van der Waals surface area contributed by atoms with Gasteiger partial charge in [0.05, 0.1) is 34.9 Å². The zero-order valence-electron chi connectivity index (χ0n) is 15.6. The van der Waals surface area contributed by atoms with Crippen LogP contribution in [0.1, 0.15) is 45.3 Å². The first-order valence-corrected chi connectivity index (χ1v) is 10.5. The molecule has 0 bridgehead atoms. The second-order valence-electron chi connectivity index (χ2n) is 7.00. The average Bonchev–Trinajstić information content (AvgIpc) is 3.14. The average molecular weight is 386 g/mol. The molecule has 0 N–H and O–H groups in total. The lowest BCUT2D eigenvalue weighted by atomic mass is 10.1. The Hall–Kier alpha value is -2.66. The Morgan fingerprint density at radius 2 is 2.15 bits per heavy atom. The maximum absolute atomic E-state index is 12.7. The van der Waals surface area contributed by atoms with Crippen molar-refractivity contribution in [3.8, 4) is 6.07 Å². The van der Waals surface area contributed by atoms with Gasteiger partial charge in [0.15, 0.2) is 9.84 Å². The molecule has 2 heterocycles. The third kappa shape index (κ3) is 3.88. The predicted octanol–water partition coefficient (Wildman–Crippen LogP) is 2.00. The zero-order chi connectivity index (χ0) is 19.8. The molecule has 1 aromatic heterocycles. The van der Waals surface area contributed by atoms with E-state index in [-0.39, 0.29) is 23.5 Å². The standard InChI is InChI=1S/C19H22N4O3S/c1-13-18(14(2)23(21-13)17-7-8-27(25,26)12-17)11-22(3)19(24)16-6-4-5-15(9-16)10-20/h4-6,9,17H,7-8,11-12H2,1-3H3/t17-/m1/s1. The van der Waals surface area contributed by atoms with Gasteiger partial charge in [-0.1, -0.05) is 6.07 Å². The van der Waals surface area contributed by atoms with E-state index in [2.05, 4.69) is 5.10 Å². The molecule has 0 unspecified atom stereocenters. The highest BCUT2D eigenvalue weighted by molar-refractivity contribution is 7.91. The Balaban J connectivity index is 1.81. The minimum atomic E-state index is -2.99. The molecule has 1 atom stereocenters. The van der Waals surface area contributed by atoms with Gasteiger partial charge < -0.3 is 4.90 Å². The molecule has 27 heavy (non-hydrogen) atoms. The highest BCUT2D eigenvalue weighted by atomic mass is 32.2. The summed E-state index contributed by atoms with van der Waals surface area (Å²) >= 11 is 0. The fourth-order valence-corrected chi connectivity index (χ4v) is 5.19. The molecule has 0 spiro atoms. The van der Waals surface area contributed by atoms with Gasteiger partial charge in [-0.2, -0.15) is 10.4 Å². The zero-order valence-corrected chi connectivity index (χ0v) is 16.5. The van der Waals surface area contributed by atoms with E-state index in [1.165, 1.54) is 0 Å². The molecule has 7 nitrogen and oxygen atoms in total. The highest BCUT2D eigenvalue weighted by Gasteiger charge is 2.31. The Bertz CT molecular complexity index is 1030. The minimum Gasteiger partial charge on any atom is -0.337 e. The van der Waals surface area contributed by atoms with Crippen LogP contribution in [-0.4, -0.2) is 47.6 Å². The molecule has 8 heteroatoms. The number of nitrogens with zero attached hydrogens (tertiary/aromatic N) is 4.